The molecule has 0 amide bonds. The van der Waals surface area contributed by atoms with Crippen LogP contribution in [0, 0.1) is 13.8 Å². The van der Waals surface area contributed by atoms with Gasteiger partial charge in [0.1, 0.15) is 10.5 Å². The lowest BCUT2D eigenvalue weighted by Gasteiger charge is -2.15. The van der Waals surface area contributed by atoms with E-state index in [1.807, 2.05) is 34.6 Å². The molecule has 1 aromatic heterocycles. The third kappa shape index (κ3) is 4.49. The number of halogens is 1. The largest absolute Gasteiger partial charge is 0.358 e. The zero-order chi connectivity index (χ0) is 23.8. The molecule has 32 heavy (non-hydrogen) atoms. The van der Waals surface area contributed by atoms with Gasteiger partial charge in [0.25, 0.3) is 0 Å². The minimum absolute atomic E-state index is 0.00755. The summed E-state index contributed by atoms with van der Waals surface area (Å²) in [5.41, 5.74) is 4.92. The highest BCUT2D eigenvalue weighted by atomic mass is 35.5. The standard InChI is InChI=1S/C24H25ClN2O4S/c1-14(2)16(4)22-17(5)19(11-12-21(22)25)23(28)20-13-26-27(6)24(20)31-32(29,30)18-9-7-15(3)8-10-18/h7-13H,1-6H3. The summed E-state index contributed by atoms with van der Waals surface area (Å²) in [5, 5.41) is 4.60. The van der Waals surface area contributed by atoms with Gasteiger partial charge in [-0.25, -0.2) is 4.68 Å². The number of carbonyl (C=O) groups is 1. The number of benzene rings is 2. The van der Waals surface area contributed by atoms with Crippen molar-refractivity contribution in [2.75, 3.05) is 0 Å². The van der Waals surface area contributed by atoms with E-state index in [1.165, 1.54) is 30.1 Å². The Balaban J connectivity index is 2.07. The number of hydrogen-bond donors (Lipinski definition) is 0. The quantitative estimate of drug-likeness (QED) is 0.349. The summed E-state index contributed by atoms with van der Waals surface area (Å²) in [7, 11) is -2.63. The van der Waals surface area contributed by atoms with Crippen LogP contribution in [0.5, 0.6) is 5.88 Å². The smallest absolute Gasteiger partial charge is 0.340 e. The normalized spacial score (nSPS) is 11.3. The molecule has 0 saturated heterocycles. The summed E-state index contributed by atoms with van der Waals surface area (Å²) in [6, 6.07) is 9.57. The molecule has 1 heterocycles. The van der Waals surface area contributed by atoms with E-state index in [0.717, 1.165) is 22.3 Å². The fourth-order valence-electron chi connectivity index (χ4n) is 3.32. The molecule has 3 rings (SSSR count). The third-order valence-electron chi connectivity index (χ3n) is 5.41. The SMILES string of the molecule is CC(C)=C(C)c1c(Cl)ccc(C(=O)c2cnn(C)c2OS(=O)(=O)c2ccc(C)cc2)c1C. The maximum atomic E-state index is 13.4. The Morgan fingerprint density at radius 3 is 2.22 bits per heavy atom. The zero-order valence-corrected chi connectivity index (χ0v) is 20.4. The van der Waals surface area contributed by atoms with Crippen molar-refractivity contribution in [2.45, 2.75) is 39.5 Å². The van der Waals surface area contributed by atoms with Crippen LogP contribution in [-0.2, 0) is 17.2 Å². The first-order valence-electron chi connectivity index (χ1n) is 9.95. The second kappa shape index (κ2) is 8.92. The number of carbonyl (C=O) groups excluding carboxylic acids is 1. The van der Waals surface area contributed by atoms with Crippen molar-refractivity contribution in [3.05, 3.63) is 81.0 Å². The van der Waals surface area contributed by atoms with E-state index in [-0.39, 0.29) is 16.3 Å². The van der Waals surface area contributed by atoms with Crippen molar-refractivity contribution in [1.82, 2.24) is 9.78 Å². The van der Waals surface area contributed by atoms with Gasteiger partial charge in [0.05, 0.1) is 6.20 Å². The lowest BCUT2D eigenvalue weighted by atomic mass is 9.92. The van der Waals surface area contributed by atoms with Crippen LogP contribution in [0.2, 0.25) is 5.02 Å². The Morgan fingerprint density at radius 1 is 1.00 bits per heavy atom. The summed E-state index contributed by atoms with van der Waals surface area (Å²) in [6.45, 7) is 9.57. The molecular weight excluding hydrogens is 448 g/mol. The summed E-state index contributed by atoms with van der Waals surface area (Å²) >= 11 is 6.43. The third-order valence-corrected chi connectivity index (χ3v) is 6.95. The van der Waals surface area contributed by atoms with Crippen molar-refractivity contribution < 1.29 is 17.4 Å². The Bertz CT molecular complexity index is 1330. The van der Waals surface area contributed by atoms with Gasteiger partial charge in [-0.2, -0.15) is 13.5 Å². The van der Waals surface area contributed by atoms with Crippen LogP contribution in [0.25, 0.3) is 5.57 Å². The second-order valence-electron chi connectivity index (χ2n) is 7.89. The van der Waals surface area contributed by atoms with Crippen molar-refractivity contribution in [1.29, 1.82) is 0 Å². The van der Waals surface area contributed by atoms with Crippen molar-refractivity contribution in [3.8, 4) is 5.88 Å². The molecule has 0 aliphatic carbocycles. The Kier molecular flexibility index (Phi) is 6.62. The van der Waals surface area contributed by atoms with E-state index in [4.69, 9.17) is 15.8 Å². The van der Waals surface area contributed by atoms with Crippen molar-refractivity contribution >= 4 is 33.1 Å². The molecule has 0 aliphatic rings. The number of allylic oxidation sites excluding steroid dienone is 2. The molecule has 0 fully saturated rings. The number of ketones is 1. The van der Waals surface area contributed by atoms with Gasteiger partial charge in [-0.05, 0) is 75.6 Å². The average molecular weight is 473 g/mol. The molecular formula is C24H25ClN2O4S. The highest BCUT2D eigenvalue weighted by Crippen LogP contribution is 2.33. The fraction of sp³-hybridized carbons (Fsp3) is 0.250. The maximum Gasteiger partial charge on any atom is 0.340 e. The molecule has 8 heteroatoms. The molecule has 0 radical (unpaired) electrons. The lowest BCUT2D eigenvalue weighted by Crippen LogP contribution is -2.15. The van der Waals surface area contributed by atoms with Gasteiger partial charge >= 0.3 is 10.1 Å². The van der Waals surface area contributed by atoms with E-state index >= 15 is 0 Å². The highest BCUT2D eigenvalue weighted by Gasteiger charge is 2.27. The van der Waals surface area contributed by atoms with Crippen LogP contribution >= 0.6 is 11.6 Å². The van der Waals surface area contributed by atoms with Gasteiger partial charge in [0, 0.05) is 17.6 Å². The second-order valence-corrected chi connectivity index (χ2v) is 9.84. The van der Waals surface area contributed by atoms with Gasteiger partial charge in [0.15, 0.2) is 5.78 Å². The first kappa shape index (κ1) is 23.8. The molecule has 0 aliphatic heterocycles. The van der Waals surface area contributed by atoms with E-state index in [9.17, 15) is 13.2 Å². The highest BCUT2D eigenvalue weighted by molar-refractivity contribution is 7.87. The minimum atomic E-state index is -4.15. The molecule has 0 atom stereocenters. The first-order chi connectivity index (χ1) is 14.9. The Morgan fingerprint density at radius 2 is 1.62 bits per heavy atom. The van der Waals surface area contributed by atoms with Crippen molar-refractivity contribution in [2.24, 2.45) is 7.05 Å². The Hall–Kier alpha value is -2.90. The van der Waals surface area contributed by atoms with Crippen LogP contribution in [0.1, 0.15) is 53.4 Å². The molecule has 0 saturated carbocycles. The molecule has 0 unspecified atom stereocenters. The summed E-state index contributed by atoms with van der Waals surface area (Å²) in [4.78, 5) is 13.4. The van der Waals surface area contributed by atoms with Crippen LogP contribution in [0.15, 0.2) is 53.1 Å². The molecule has 2 aromatic carbocycles. The number of aromatic nitrogens is 2. The van der Waals surface area contributed by atoms with E-state index < -0.39 is 15.9 Å². The maximum absolute atomic E-state index is 13.4. The minimum Gasteiger partial charge on any atom is -0.358 e. The lowest BCUT2D eigenvalue weighted by molar-refractivity contribution is 0.103. The number of nitrogens with zero attached hydrogens (tertiary/aromatic N) is 2. The monoisotopic (exact) mass is 472 g/mol. The predicted molar refractivity (Wildman–Crippen MR) is 126 cm³/mol. The van der Waals surface area contributed by atoms with E-state index in [0.29, 0.717) is 16.1 Å². The van der Waals surface area contributed by atoms with Crippen LogP contribution in [0.4, 0.5) is 0 Å². The first-order valence-corrected chi connectivity index (χ1v) is 11.7. The van der Waals surface area contributed by atoms with E-state index in [1.54, 1.807) is 24.3 Å². The van der Waals surface area contributed by atoms with Crippen LogP contribution < -0.4 is 4.18 Å². The summed E-state index contributed by atoms with van der Waals surface area (Å²) in [5.74, 6) is -0.547. The number of rotatable bonds is 6. The van der Waals surface area contributed by atoms with Crippen LogP contribution in [0.3, 0.4) is 0 Å². The summed E-state index contributed by atoms with van der Waals surface area (Å²) in [6.07, 6.45) is 1.31. The van der Waals surface area contributed by atoms with E-state index in [2.05, 4.69) is 5.10 Å². The predicted octanol–water partition coefficient (Wildman–Crippen LogP) is 5.50. The molecule has 0 N–H and O–H groups in total. The van der Waals surface area contributed by atoms with Gasteiger partial charge in [0.2, 0.25) is 5.88 Å². The number of hydrogen-bond acceptors (Lipinski definition) is 5. The summed E-state index contributed by atoms with van der Waals surface area (Å²) < 4.78 is 32.2. The molecule has 0 bridgehead atoms. The Labute approximate surface area is 193 Å². The molecule has 0 spiro atoms. The fourth-order valence-corrected chi connectivity index (χ4v) is 4.64. The topological polar surface area (TPSA) is 78.3 Å². The van der Waals surface area contributed by atoms with Gasteiger partial charge in [-0.15, -0.1) is 0 Å². The van der Waals surface area contributed by atoms with Crippen LogP contribution in [-0.4, -0.2) is 24.0 Å². The molecule has 3 aromatic rings. The van der Waals surface area contributed by atoms with Gasteiger partial charge in [-0.1, -0.05) is 34.9 Å². The molecule has 168 valence electrons. The number of aryl methyl sites for hydroxylation is 2. The van der Waals surface area contributed by atoms with Gasteiger partial charge in [-0.3, -0.25) is 4.79 Å². The van der Waals surface area contributed by atoms with Gasteiger partial charge < -0.3 is 4.18 Å². The zero-order valence-electron chi connectivity index (χ0n) is 18.9. The molecule has 6 nitrogen and oxygen atoms in total. The van der Waals surface area contributed by atoms with Crippen molar-refractivity contribution in [3.63, 3.8) is 0 Å². The average Bonchev–Trinajstić information content (AvgIpc) is 3.07.